The zero-order valence-electron chi connectivity index (χ0n) is 15.2. The Morgan fingerprint density at radius 2 is 1.57 bits per heavy atom. The summed E-state index contributed by atoms with van der Waals surface area (Å²) in [5, 5.41) is 0. The summed E-state index contributed by atoms with van der Waals surface area (Å²) in [6, 6.07) is 4.77. The van der Waals surface area contributed by atoms with Crippen LogP contribution >= 0.6 is 0 Å². The molecule has 0 aromatic heterocycles. The topological polar surface area (TPSA) is 21.6 Å². The molecule has 118 valence electrons. The van der Waals surface area contributed by atoms with E-state index in [1.807, 2.05) is 6.21 Å². The first-order valence-corrected chi connectivity index (χ1v) is 7.73. The molecule has 2 nitrogen and oxygen atoms in total. The van der Waals surface area contributed by atoms with Gasteiger partial charge in [-0.3, -0.25) is 4.99 Å². The minimum atomic E-state index is 0.0347. The van der Waals surface area contributed by atoms with Gasteiger partial charge in [-0.1, -0.05) is 47.6 Å². The summed E-state index contributed by atoms with van der Waals surface area (Å²) in [5.41, 5.74) is 3.77. The number of hydrogen-bond donors (Lipinski definition) is 0. The van der Waals surface area contributed by atoms with E-state index >= 15 is 0 Å². The van der Waals surface area contributed by atoms with Gasteiger partial charge in [-0.15, -0.1) is 0 Å². The molecule has 0 unspecified atom stereocenters. The summed E-state index contributed by atoms with van der Waals surface area (Å²) in [6.07, 6.45) is 1.95. The van der Waals surface area contributed by atoms with Gasteiger partial charge in [0.2, 0.25) is 0 Å². The Labute approximate surface area is 130 Å². The Morgan fingerprint density at radius 3 is 1.95 bits per heavy atom. The SMILES string of the molecule is COc1c(/C=N/C(C)C)cc(C(C)(C)C)cc1C(C)(C)C. The molecule has 0 atom stereocenters. The zero-order valence-corrected chi connectivity index (χ0v) is 15.2. The summed E-state index contributed by atoms with van der Waals surface area (Å²) >= 11 is 0. The number of aliphatic imine (C=N–C) groups is 1. The second-order valence-electron chi connectivity index (χ2n) is 8.02. The Bertz CT molecular complexity index is 514. The molecule has 0 aliphatic rings. The van der Waals surface area contributed by atoms with Gasteiger partial charge in [0.25, 0.3) is 0 Å². The van der Waals surface area contributed by atoms with E-state index in [0.717, 1.165) is 11.3 Å². The molecule has 1 rings (SSSR count). The van der Waals surface area contributed by atoms with Crippen LogP contribution in [0, 0.1) is 0 Å². The molecular weight excluding hydrogens is 258 g/mol. The summed E-state index contributed by atoms with van der Waals surface area (Å²) in [5.74, 6) is 0.944. The third kappa shape index (κ3) is 4.59. The highest BCUT2D eigenvalue weighted by molar-refractivity contribution is 5.85. The maximum absolute atomic E-state index is 5.71. The fraction of sp³-hybridized carbons (Fsp3) is 0.632. The van der Waals surface area contributed by atoms with Gasteiger partial charge in [0.05, 0.1) is 7.11 Å². The summed E-state index contributed by atoms with van der Waals surface area (Å²) in [4.78, 5) is 4.54. The Hall–Kier alpha value is -1.31. The Balaban J connectivity index is 3.60. The average Bonchev–Trinajstić information content (AvgIpc) is 2.32. The molecule has 0 bridgehead atoms. The molecule has 0 spiro atoms. The molecule has 0 fully saturated rings. The molecule has 0 N–H and O–H groups in total. The predicted molar refractivity (Wildman–Crippen MR) is 93.1 cm³/mol. The Kier molecular flexibility index (Phi) is 5.25. The van der Waals surface area contributed by atoms with Crippen LogP contribution in [0.1, 0.15) is 72.1 Å². The van der Waals surface area contributed by atoms with Crippen LogP contribution in [0.5, 0.6) is 5.75 Å². The van der Waals surface area contributed by atoms with Gasteiger partial charge in [0.1, 0.15) is 5.75 Å². The van der Waals surface area contributed by atoms with Gasteiger partial charge in [0.15, 0.2) is 0 Å². The highest BCUT2D eigenvalue weighted by atomic mass is 16.5. The van der Waals surface area contributed by atoms with E-state index in [9.17, 15) is 0 Å². The lowest BCUT2D eigenvalue weighted by molar-refractivity contribution is 0.396. The molecular formula is C19H31NO. The molecule has 1 aromatic carbocycles. The lowest BCUT2D eigenvalue weighted by Crippen LogP contribution is -2.18. The van der Waals surface area contributed by atoms with E-state index in [1.54, 1.807) is 7.11 Å². The quantitative estimate of drug-likeness (QED) is 0.708. The van der Waals surface area contributed by atoms with E-state index in [0.29, 0.717) is 0 Å². The van der Waals surface area contributed by atoms with Crippen molar-refractivity contribution >= 4 is 6.21 Å². The van der Waals surface area contributed by atoms with Crippen molar-refractivity contribution in [1.29, 1.82) is 0 Å². The van der Waals surface area contributed by atoms with Crippen molar-refractivity contribution in [3.05, 3.63) is 28.8 Å². The van der Waals surface area contributed by atoms with Crippen LogP contribution in [0.15, 0.2) is 17.1 Å². The smallest absolute Gasteiger partial charge is 0.131 e. The molecule has 2 heteroatoms. The standard InChI is InChI=1S/C19H31NO/c1-13(2)20-12-14-10-15(18(3,4)5)11-16(17(14)21-9)19(6,7)8/h10-13H,1-9H3/b20-12+. The van der Waals surface area contributed by atoms with Crippen molar-refractivity contribution in [2.45, 2.75) is 72.3 Å². The van der Waals surface area contributed by atoms with Crippen LogP contribution in [0.4, 0.5) is 0 Å². The van der Waals surface area contributed by atoms with Crippen molar-refractivity contribution < 1.29 is 4.74 Å². The van der Waals surface area contributed by atoms with Crippen molar-refractivity contribution in [3.63, 3.8) is 0 Å². The summed E-state index contributed by atoms with van der Waals surface area (Å²) < 4.78 is 5.71. The molecule has 0 radical (unpaired) electrons. The highest BCUT2D eigenvalue weighted by Gasteiger charge is 2.25. The van der Waals surface area contributed by atoms with Gasteiger partial charge in [-0.05, 0) is 36.3 Å². The predicted octanol–water partition coefficient (Wildman–Crippen LogP) is 5.12. The molecule has 0 saturated heterocycles. The highest BCUT2D eigenvalue weighted by Crippen LogP contribution is 2.37. The van der Waals surface area contributed by atoms with Gasteiger partial charge in [0, 0.05) is 23.4 Å². The van der Waals surface area contributed by atoms with Gasteiger partial charge >= 0.3 is 0 Å². The fourth-order valence-corrected chi connectivity index (χ4v) is 2.19. The minimum Gasteiger partial charge on any atom is -0.496 e. The maximum Gasteiger partial charge on any atom is 0.131 e. The first kappa shape index (κ1) is 17.7. The van der Waals surface area contributed by atoms with Crippen LogP contribution in [0.3, 0.4) is 0 Å². The third-order valence-electron chi connectivity index (χ3n) is 3.51. The average molecular weight is 289 g/mol. The first-order chi connectivity index (χ1) is 9.46. The van der Waals surface area contributed by atoms with Crippen molar-refractivity contribution in [2.24, 2.45) is 4.99 Å². The maximum atomic E-state index is 5.71. The largest absolute Gasteiger partial charge is 0.496 e. The fourth-order valence-electron chi connectivity index (χ4n) is 2.19. The van der Waals surface area contributed by atoms with E-state index in [1.165, 1.54) is 11.1 Å². The molecule has 0 heterocycles. The van der Waals surface area contributed by atoms with E-state index in [2.05, 4.69) is 72.5 Å². The van der Waals surface area contributed by atoms with Crippen LogP contribution in [-0.4, -0.2) is 19.4 Å². The van der Waals surface area contributed by atoms with E-state index in [4.69, 9.17) is 4.74 Å². The number of benzene rings is 1. The van der Waals surface area contributed by atoms with Crippen LogP contribution < -0.4 is 4.74 Å². The lowest BCUT2D eigenvalue weighted by Gasteiger charge is -2.28. The van der Waals surface area contributed by atoms with Crippen molar-refractivity contribution in [3.8, 4) is 5.75 Å². The molecule has 0 saturated carbocycles. The zero-order chi connectivity index (χ0) is 16.4. The number of nitrogens with zero attached hydrogens (tertiary/aromatic N) is 1. The molecule has 1 aromatic rings. The molecule has 21 heavy (non-hydrogen) atoms. The van der Waals surface area contributed by atoms with Gasteiger partial charge < -0.3 is 4.74 Å². The molecule has 0 aliphatic carbocycles. The second-order valence-corrected chi connectivity index (χ2v) is 8.02. The van der Waals surface area contributed by atoms with Gasteiger partial charge in [-0.2, -0.15) is 0 Å². The monoisotopic (exact) mass is 289 g/mol. The van der Waals surface area contributed by atoms with Crippen molar-refractivity contribution in [2.75, 3.05) is 7.11 Å². The molecule has 0 aliphatic heterocycles. The van der Waals surface area contributed by atoms with E-state index in [-0.39, 0.29) is 16.9 Å². The Morgan fingerprint density at radius 1 is 1.00 bits per heavy atom. The normalized spacial score (nSPS) is 13.2. The van der Waals surface area contributed by atoms with Gasteiger partial charge in [-0.25, -0.2) is 0 Å². The number of rotatable bonds is 3. The number of methoxy groups -OCH3 is 1. The van der Waals surface area contributed by atoms with Crippen LogP contribution in [-0.2, 0) is 10.8 Å². The number of hydrogen-bond acceptors (Lipinski definition) is 2. The second kappa shape index (κ2) is 6.21. The molecule has 0 amide bonds. The van der Waals surface area contributed by atoms with Crippen LogP contribution in [0.2, 0.25) is 0 Å². The third-order valence-corrected chi connectivity index (χ3v) is 3.51. The summed E-state index contributed by atoms with van der Waals surface area (Å²) in [7, 11) is 1.74. The summed E-state index contributed by atoms with van der Waals surface area (Å²) in [6.45, 7) is 17.6. The minimum absolute atomic E-state index is 0.0347. The number of ether oxygens (including phenoxy) is 1. The van der Waals surface area contributed by atoms with Crippen LogP contribution in [0.25, 0.3) is 0 Å². The first-order valence-electron chi connectivity index (χ1n) is 7.73. The van der Waals surface area contributed by atoms with E-state index < -0.39 is 0 Å². The lowest BCUT2D eigenvalue weighted by atomic mass is 9.79. The van der Waals surface area contributed by atoms with Crippen molar-refractivity contribution in [1.82, 2.24) is 0 Å².